The Hall–Kier alpha value is -2.02. The minimum atomic E-state index is -0.482. The summed E-state index contributed by atoms with van der Waals surface area (Å²) in [6.07, 6.45) is 2.58. The molecular formula is C14H24NO6+. The smallest absolute Gasteiger partial charge is 0.334 e. The van der Waals surface area contributed by atoms with E-state index in [-0.39, 0.29) is 0 Å². The summed E-state index contributed by atoms with van der Waals surface area (Å²) in [6.45, 7) is 0.848. The first kappa shape index (κ1) is 19.0. The first-order valence-corrected chi connectivity index (χ1v) is 6.25. The van der Waals surface area contributed by atoms with Crippen molar-refractivity contribution >= 4 is 11.9 Å². The SMILES string of the molecule is COC(=O)/C=C(/C[N+](C)(C)C/C(=C\C(=O)OC)OC)OC. The maximum Gasteiger partial charge on any atom is 0.334 e. The monoisotopic (exact) mass is 302 g/mol. The van der Waals surface area contributed by atoms with E-state index in [4.69, 9.17) is 9.47 Å². The van der Waals surface area contributed by atoms with Crippen molar-refractivity contribution in [1.82, 2.24) is 0 Å². The van der Waals surface area contributed by atoms with Gasteiger partial charge in [-0.15, -0.1) is 0 Å². The quantitative estimate of drug-likeness (QED) is 0.281. The first-order chi connectivity index (χ1) is 9.77. The Balaban J connectivity index is 4.95. The second kappa shape index (κ2) is 9.02. The van der Waals surface area contributed by atoms with Crippen molar-refractivity contribution < 1.29 is 33.0 Å². The van der Waals surface area contributed by atoms with E-state index < -0.39 is 11.9 Å². The van der Waals surface area contributed by atoms with Crippen LogP contribution in [0.5, 0.6) is 0 Å². The summed E-state index contributed by atoms with van der Waals surface area (Å²) in [5.74, 6) is -0.0198. The van der Waals surface area contributed by atoms with Gasteiger partial charge in [0, 0.05) is 0 Å². The Bertz CT molecular complexity index is 387. The van der Waals surface area contributed by atoms with E-state index in [0.29, 0.717) is 29.1 Å². The minimum absolute atomic E-state index is 0.410. The van der Waals surface area contributed by atoms with E-state index in [1.807, 2.05) is 14.1 Å². The maximum absolute atomic E-state index is 11.2. The molecule has 0 atom stereocenters. The van der Waals surface area contributed by atoms with Crippen molar-refractivity contribution in [1.29, 1.82) is 0 Å². The number of rotatable bonds is 8. The summed E-state index contributed by atoms with van der Waals surface area (Å²) < 4.78 is 19.9. The van der Waals surface area contributed by atoms with Gasteiger partial charge < -0.3 is 23.4 Å². The number of carbonyl (C=O) groups is 2. The van der Waals surface area contributed by atoms with Crippen molar-refractivity contribution in [2.75, 3.05) is 55.6 Å². The average Bonchev–Trinajstić information content (AvgIpc) is 2.44. The predicted molar refractivity (Wildman–Crippen MR) is 76.1 cm³/mol. The molecule has 0 aliphatic heterocycles. The van der Waals surface area contributed by atoms with Gasteiger partial charge in [0.25, 0.3) is 0 Å². The lowest BCUT2D eigenvalue weighted by molar-refractivity contribution is -0.883. The van der Waals surface area contributed by atoms with Crippen LogP contribution in [0.1, 0.15) is 0 Å². The topological polar surface area (TPSA) is 71.1 Å². The van der Waals surface area contributed by atoms with Gasteiger partial charge in [-0.3, -0.25) is 0 Å². The maximum atomic E-state index is 11.2. The molecule has 0 aromatic carbocycles. The summed E-state index contributed by atoms with van der Waals surface area (Å²) in [5, 5.41) is 0. The van der Waals surface area contributed by atoms with Crippen molar-refractivity contribution in [2.24, 2.45) is 0 Å². The summed E-state index contributed by atoms with van der Waals surface area (Å²) in [6, 6.07) is 0. The van der Waals surface area contributed by atoms with Crippen molar-refractivity contribution in [2.45, 2.75) is 0 Å². The van der Waals surface area contributed by atoms with Crippen LogP contribution in [-0.2, 0) is 28.5 Å². The molecule has 0 saturated heterocycles. The molecule has 0 saturated carbocycles. The Morgan fingerprint density at radius 1 is 0.762 bits per heavy atom. The molecule has 0 rings (SSSR count). The van der Waals surface area contributed by atoms with E-state index in [2.05, 4.69) is 9.47 Å². The summed E-state index contributed by atoms with van der Waals surface area (Å²) >= 11 is 0. The fourth-order valence-corrected chi connectivity index (χ4v) is 1.62. The van der Waals surface area contributed by atoms with Gasteiger partial charge in [0.1, 0.15) is 13.1 Å². The lowest BCUT2D eigenvalue weighted by atomic mass is 10.3. The molecule has 0 spiro atoms. The van der Waals surface area contributed by atoms with Crippen LogP contribution in [0.2, 0.25) is 0 Å². The highest BCUT2D eigenvalue weighted by Gasteiger charge is 2.22. The third kappa shape index (κ3) is 7.98. The van der Waals surface area contributed by atoms with Crippen LogP contribution in [-0.4, -0.2) is 72.0 Å². The van der Waals surface area contributed by atoms with E-state index in [0.717, 1.165) is 0 Å². The number of hydrogen-bond acceptors (Lipinski definition) is 6. The zero-order valence-electron chi connectivity index (χ0n) is 13.5. The molecule has 7 nitrogen and oxygen atoms in total. The van der Waals surface area contributed by atoms with Crippen LogP contribution >= 0.6 is 0 Å². The summed E-state index contributed by atoms with van der Waals surface area (Å²) in [4.78, 5) is 22.5. The zero-order chi connectivity index (χ0) is 16.5. The van der Waals surface area contributed by atoms with Crippen LogP contribution in [0.3, 0.4) is 0 Å². The first-order valence-electron chi connectivity index (χ1n) is 6.25. The summed E-state index contributed by atoms with van der Waals surface area (Å²) in [7, 11) is 9.39. The fourth-order valence-electron chi connectivity index (χ4n) is 1.62. The number of esters is 2. The molecule has 0 aliphatic rings. The Labute approximate surface area is 125 Å². The lowest BCUT2D eigenvalue weighted by Crippen LogP contribution is -2.43. The van der Waals surface area contributed by atoms with Gasteiger partial charge in [-0.05, 0) is 0 Å². The highest BCUT2D eigenvalue weighted by atomic mass is 16.5. The molecule has 7 heteroatoms. The molecular weight excluding hydrogens is 278 g/mol. The number of methoxy groups -OCH3 is 4. The highest BCUT2D eigenvalue weighted by Crippen LogP contribution is 2.11. The predicted octanol–water partition coefficient (Wildman–Crippen LogP) is 0.469. The average molecular weight is 302 g/mol. The van der Waals surface area contributed by atoms with E-state index >= 15 is 0 Å². The number of hydrogen-bond donors (Lipinski definition) is 0. The van der Waals surface area contributed by atoms with E-state index in [9.17, 15) is 9.59 Å². The molecule has 0 heterocycles. The molecule has 21 heavy (non-hydrogen) atoms. The molecule has 0 aliphatic carbocycles. The number of quaternary nitrogens is 1. The van der Waals surface area contributed by atoms with Crippen LogP contribution in [0.25, 0.3) is 0 Å². The fraction of sp³-hybridized carbons (Fsp3) is 0.571. The Morgan fingerprint density at radius 3 is 1.33 bits per heavy atom. The second-order valence-corrected chi connectivity index (χ2v) is 4.93. The molecule has 0 amide bonds. The molecule has 0 aromatic heterocycles. The number of ether oxygens (including phenoxy) is 4. The van der Waals surface area contributed by atoms with Gasteiger partial charge >= 0.3 is 11.9 Å². The lowest BCUT2D eigenvalue weighted by Gasteiger charge is -2.30. The summed E-state index contributed by atoms with van der Waals surface area (Å²) in [5.41, 5.74) is 0. The van der Waals surface area contributed by atoms with Crippen LogP contribution in [0.4, 0.5) is 0 Å². The van der Waals surface area contributed by atoms with Crippen LogP contribution in [0, 0.1) is 0 Å². The van der Waals surface area contributed by atoms with Gasteiger partial charge in [0.05, 0.1) is 54.7 Å². The second-order valence-electron chi connectivity index (χ2n) is 4.93. The van der Waals surface area contributed by atoms with E-state index in [1.54, 1.807) is 0 Å². The van der Waals surface area contributed by atoms with Crippen LogP contribution in [0.15, 0.2) is 23.7 Å². The molecule has 0 N–H and O–H groups in total. The highest BCUT2D eigenvalue weighted by molar-refractivity contribution is 5.82. The number of nitrogens with zero attached hydrogens (tertiary/aromatic N) is 1. The Morgan fingerprint density at radius 2 is 1.10 bits per heavy atom. The molecule has 0 unspecified atom stereocenters. The molecule has 0 bridgehead atoms. The van der Waals surface area contributed by atoms with Gasteiger partial charge in [-0.1, -0.05) is 0 Å². The minimum Gasteiger partial charge on any atom is -0.495 e. The van der Waals surface area contributed by atoms with Crippen molar-refractivity contribution in [3.05, 3.63) is 23.7 Å². The normalized spacial score (nSPS) is 12.7. The third-order valence-electron chi connectivity index (χ3n) is 2.65. The van der Waals surface area contributed by atoms with Gasteiger partial charge in [-0.2, -0.15) is 0 Å². The number of carbonyl (C=O) groups excluding carboxylic acids is 2. The standard InChI is InChI=1S/C14H24NO6/c1-15(2,9-11(18-3)7-13(16)20-5)10-12(19-4)8-14(17)21-6/h7-8H,9-10H2,1-6H3/q+1/b11-7-,12-8+. The molecule has 0 fully saturated rings. The largest absolute Gasteiger partial charge is 0.495 e. The molecule has 0 aromatic rings. The van der Waals surface area contributed by atoms with Crippen molar-refractivity contribution in [3.63, 3.8) is 0 Å². The Kier molecular flexibility index (Phi) is 8.15. The zero-order valence-corrected chi connectivity index (χ0v) is 13.5. The van der Waals surface area contributed by atoms with Gasteiger partial charge in [-0.25, -0.2) is 9.59 Å². The molecule has 0 radical (unpaired) electrons. The van der Waals surface area contributed by atoms with Gasteiger partial charge in [0.15, 0.2) is 11.5 Å². The van der Waals surface area contributed by atoms with E-state index in [1.165, 1.54) is 40.6 Å². The molecule has 120 valence electrons. The third-order valence-corrected chi connectivity index (χ3v) is 2.65. The van der Waals surface area contributed by atoms with Crippen molar-refractivity contribution in [3.8, 4) is 0 Å². The van der Waals surface area contributed by atoms with Crippen LogP contribution < -0.4 is 0 Å². The van der Waals surface area contributed by atoms with Gasteiger partial charge in [0.2, 0.25) is 0 Å². The number of likely N-dealkylation sites (N-methyl/N-ethyl adjacent to an activating group) is 1.